The summed E-state index contributed by atoms with van der Waals surface area (Å²) in [6.07, 6.45) is -0.0103. The second-order valence-electron chi connectivity index (χ2n) is 7.53. The van der Waals surface area contributed by atoms with Gasteiger partial charge in [0.1, 0.15) is 0 Å². The van der Waals surface area contributed by atoms with Gasteiger partial charge in [0.15, 0.2) is 0 Å². The van der Waals surface area contributed by atoms with Crippen LogP contribution in [0.1, 0.15) is 31.9 Å². The third-order valence-electron chi connectivity index (χ3n) is 4.30. The summed E-state index contributed by atoms with van der Waals surface area (Å²) in [5.41, 5.74) is 2.57. The Morgan fingerprint density at radius 3 is 2.36 bits per heavy atom. The topological polar surface area (TPSA) is 49.9 Å². The van der Waals surface area contributed by atoms with E-state index in [1.54, 1.807) is 0 Å². The summed E-state index contributed by atoms with van der Waals surface area (Å²) in [6.45, 7) is 7.36. The highest BCUT2D eigenvalue weighted by molar-refractivity contribution is 7.92. The van der Waals surface area contributed by atoms with Gasteiger partial charge in [-0.15, -0.1) is 0 Å². The van der Waals surface area contributed by atoms with Crippen LogP contribution in [0.15, 0.2) is 54.6 Å². The van der Waals surface area contributed by atoms with Crippen molar-refractivity contribution in [1.29, 1.82) is 0 Å². The van der Waals surface area contributed by atoms with Crippen molar-refractivity contribution in [3.8, 4) is 0 Å². The molecule has 2 aromatic carbocycles. The van der Waals surface area contributed by atoms with Crippen molar-refractivity contribution in [3.63, 3.8) is 0 Å². The molecule has 1 fully saturated rings. The van der Waals surface area contributed by atoms with Gasteiger partial charge in [-0.2, -0.15) is 0 Å². The Morgan fingerprint density at radius 2 is 1.76 bits per heavy atom. The van der Waals surface area contributed by atoms with Crippen LogP contribution in [-0.2, 0) is 25.9 Å². The number of hydrogen-bond acceptors (Lipinski definition) is 3. The average molecular weight is 359 g/mol. The fourth-order valence-corrected chi connectivity index (χ4v) is 4.33. The standard InChI is InChI=1S/C20H25NO3S/c1-20(2,3)17-10-7-11-18(12-17)21(13-19-14-24-19)25(22,23)15-16-8-5-4-6-9-16/h4-12,19H,13-15H2,1-3H3. The molecule has 1 saturated heterocycles. The molecule has 1 aliphatic heterocycles. The molecular weight excluding hydrogens is 334 g/mol. The maximum absolute atomic E-state index is 13.1. The zero-order valence-electron chi connectivity index (χ0n) is 15.0. The monoisotopic (exact) mass is 359 g/mol. The molecule has 0 aliphatic carbocycles. The van der Waals surface area contributed by atoms with E-state index in [1.165, 1.54) is 4.31 Å². The molecule has 0 spiro atoms. The smallest absolute Gasteiger partial charge is 0.239 e. The molecule has 0 N–H and O–H groups in total. The summed E-state index contributed by atoms with van der Waals surface area (Å²) >= 11 is 0. The minimum absolute atomic E-state index is 0.0103. The molecule has 1 heterocycles. The van der Waals surface area contributed by atoms with Crippen LogP contribution in [-0.4, -0.2) is 27.7 Å². The van der Waals surface area contributed by atoms with Gasteiger partial charge in [0.25, 0.3) is 0 Å². The lowest BCUT2D eigenvalue weighted by Crippen LogP contribution is -2.35. The van der Waals surface area contributed by atoms with E-state index in [-0.39, 0.29) is 17.3 Å². The normalized spacial score (nSPS) is 17.3. The van der Waals surface area contributed by atoms with Crippen molar-refractivity contribution >= 4 is 15.7 Å². The zero-order valence-corrected chi connectivity index (χ0v) is 15.8. The average Bonchev–Trinajstić information content (AvgIpc) is 3.36. The van der Waals surface area contributed by atoms with E-state index in [9.17, 15) is 8.42 Å². The van der Waals surface area contributed by atoms with Crippen molar-refractivity contribution in [2.75, 3.05) is 17.5 Å². The molecule has 5 heteroatoms. The highest BCUT2D eigenvalue weighted by Gasteiger charge is 2.32. The van der Waals surface area contributed by atoms with E-state index in [1.807, 2.05) is 54.6 Å². The van der Waals surface area contributed by atoms with Gasteiger partial charge in [-0.25, -0.2) is 8.42 Å². The number of rotatable bonds is 6. The lowest BCUT2D eigenvalue weighted by Gasteiger charge is -2.26. The molecule has 1 unspecified atom stereocenters. The fourth-order valence-electron chi connectivity index (χ4n) is 2.73. The van der Waals surface area contributed by atoms with Gasteiger partial charge in [0, 0.05) is 0 Å². The van der Waals surface area contributed by atoms with Gasteiger partial charge in [-0.05, 0) is 28.7 Å². The van der Waals surface area contributed by atoms with Crippen LogP contribution in [0.3, 0.4) is 0 Å². The lowest BCUT2D eigenvalue weighted by atomic mass is 9.87. The Hall–Kier alpha value is -1.85. The third kappa shape index (κ3) is 4.61. The van der Waals surface area contributed by atoms with Gasteiger partial charge < -0.3 is 4.74 Å². The van der Waals surface area contributed by atoms with E-state index in [0.29, 0.717) is 18.8 Å². The summed E-state index contributed by atoms with van der Waals surface area (Å²) in [5, 5.41) is 0. The molecule has 0 aromatic heterocycles. The number of anilines is 1. The Morgan fingerprint density at radius 1 is 1.08 bits per heavy atom. The third-order valence-corrected chi connectivity index (χ3v) is 6.03. The largest absolute Gasteiger partial charge is 0.371 e. The zero-order chi connectivity index (χ0) is 18.1. The van der Waals surface area contributed by atoms with Gasteiger partial charge in [0.05, 0.1) is 30.7 Å². The number of nitrogens with zero attached hydrogens (tertiary/aromatic N) is 1. The van der Waals surface area contributed by atoms with Crippen LogP contribution in [0.4, 0.5) is 5.69 Å². The van der Waals surface area contributed by atoms with E-state index in [2.05, 4.69) is 20.8 Å². The highest BCUT2D eigenvalue weighted by atomic mass is 32.2. The first-order chi connectivity index (χ1) is 11.8. The highest BCUT2D eigenvalue weighted by Crippen LogP contribution is 2.29. The van der Waals surface area contributed by atoms with Gasteiger partial charge in [0.2, 0.25) is 10.0 Å². The molecule has 134 valence electrons. The number of epoxide rings is 1. The second-order valence-corrected chi connectivity index (χ2v) is 9.42. The molecule has 0 amide bonds. The second kappa shape index (κ2) is 6.81. The summed E-state index contributed by atoms with van der Waals surface area (Å²) in [4.78, 5) is 0. The predicted molar refractivity (Wildman–Crippen MR) is 101 cm³/mol. The van der Waals surface area contributed by atoms with E-state index >= 15 is 0 Å². The van der Waals surface area contributed by atoms with E-state index in [0.717, 1.165) is 11.1 Å². The van der Waals surface area contributed by atoms with Crippen LogP contribution in [0, 0.1) is 0 Å². The first kappa shape index (κ1) is 18.0. The maximum Gasteiger partial charge on any atom is 0.239 e. The van der Waals surface area contributed by atoms with E-state index in [4.69, 9.17) is 4.74 Å². The molecule has 4 nitrogen and oxygen atoms in total. The molecular formula is C20H25NO3S. The molecule has 3 rings (SSSR count). The molecule has 2 aromatic rings. The minimum atomic E-state index is -3.49. The number of ether oxygens (including phenoxy) is 1. The maximum atomic E-state index is 13.1. The Kier molecular flexibility index (Phi) is 4.89. The molecule has 25 heavy (non-hydrogen) atoms. The summed E-state index contributed by atoms with van der Waals surface area (Å²) in [6, 6.07) is 17.1. The SMILES string of the molecule is CC(C)(C)c1cccc(N(CC2CO2)S(=O)(=O)Cc2ccccc2)c1. The van der Waals surface area contributed by atoms with Crippen LogP contribution in [0.5, 0.6) is 0 Å². The van der Waals surface area contributed by atoms with Crippen LogP contribution in [0.25, 0.3) is 0 Å². The van der Waals surface area contributed by atoms with Crippen molar-refractivity contribution in [2.24, 2.45) is 0 Å². The van der Waals surface area contributed by atoms with Crippen molar-refractivity contribution in [1.82, 2.24) is 0 Å². The summed E-state index contributed by atoms with van der Waals surface area (Å²) < 4.78 is 33.0. The lowest BCUT2D eigenvalue weighted by molar-refractivity contribution is 0.412. The van der Waals surface area contributed by atoms with Gasteiger partial charge >= 0.3 is 0 Å². The molecule has 1 aliphatic rings. The summed E-state index contributed by atoms with van der Waals surface area (Å²) in [5.74, 6) is -0.0136. The Labute approximate surface area is 150 Å². The molecule has 1 atom stereocenters. The quantitative estimate of drug-likeness (QED) is 0.739. The number of sulfonamides is 1. The van der Waals surface area contributed by atoms with Crippen LogP contribution < -0.4 is 4.31 Å². The van der Waals surface area contributed by atoms with Crippen molar-refractivity contribution < 1.29 is 13.2 Å². The Bertz CT molecular complexity index is 822. The van der Waals surface area contributed by atoms with Crippen molar-refractivity contribution in [3.05, 3.63) is 65.7 Å². The number of hydrogen-bond donors (Lipinski definition) is 0. The van der Waals surface area contributed by atoms with E-state index < -0.39 is 10.0 Å². The first-order valence-corrected chi connectivity index (χ1v) is 10.1. The number of benzene rings is 2. The molecule has 0 bridgehead atoms. The Balaban J connectivity index is 1.94. The molecule has 0 saturated carbocycles. The van der Waals surface area contributed by atoms with Crippen molar-refractivity contribution in [2.45, 2.75) is 38.0 Å². The first-order valence-electron chi connectivity index (χ1n) is 8.52. The minimum Gasteiger partial charge on any atom is -0.371 e. The molecule has 0 radical (unpaired) electrons. The predicted octanol–water partition coefficient (Wildman–Crippen LogP) is 3.72. The fraction of sp³-hybridized carbons (Fsp3) is 0.400. The van der Waals surface area contributed by atoms with Gasteiger partial charge in [-0.1, -0.05) is 63.2 Å². The summed E-state index contributed by atoms with van der Waals surface area (Å²) in [7, 11) is -3.49. The van der Waals surface area contributed by atoms with Crippen LogP contribution in [0.2, 0.25) is 0 Å². The van der Waals surface area contributed by atoms with Crippen LogP contribution >= 0.6 is 0 Å². The van der Waals surface area contributed by atoms with Gasteiger partial charge in [-0.3, -0.25) is 4.31 Å².